The Labute approximate surface area is 101 Å². The van der Waals surface area contributed by atoms with Crippen LogP contribution in [0.4, 0.5) is 0 Å². The number of aromatic nitrogens is 2. The van der Waals surface area contributed by atoms with Gasteiger partial charge < -0.3 is 4.74 Å². The van der Waals surface area contributed by atoms with Gasteiger partial charge in [0.15, 0.2) is 0 Å². The maximum Gasteiger partial charge on any atom is 0.303 e. The number of hydrogen-bond donors (Lipinski definition) is 0. The molecule has 1 aromatic heterocycles. The molecular formula is C11H9BrN2O2. The van der Waals surface area contributed by atoms with Crippen LogP contribution in [0.1, 0.15) is 12.6 Å². The van der Waals surface area contributed by atoms with E-state index >= 15 is 0 Å². The molecule has 1 heterocycles. The lowest BCUT2D eigenvalue weighted by atomic mass is 10.2. The number of ether oxygens (including phenoxy) is 1. The molecule has 82 valence electrons. The Hall–Kier alpha value is -1.49. The summed E-state index contributed by atoms with van der Waals surface area (Å²) in [6.07, 6.45) is 0. The van der Waals surface area contributed by atoms with Crippen LogP contribution in [0.15, 0.2) is 28.7 Å². The number of esters is 1. The van der Waals surface area contributed by atoms with Crippen LogP contribution in [-0.4, -0.2) is 16.2 Å². The minimum atomic E-state index is -0.323. The van der Waals surface area contributed by atoms with Gasteiger partial charge in [0.25, 0.3) is 0 Å². The minimum Gasteiger partial charge on any atom is -0.459 e. The highest BCUT2D eigenvalue weighted by Crippen LogP contribution is 2.18. The summed E-state index contributed by atoms with van der Waals surface area (Å²) in [5.41, 5.74) is 1.45. The third kappa shape index (κ3) is 2.55. The first kappa shape index (κ1) is 11.0. The van der Waals surface area contributed by atoms with E-state index in [0.29, 0.717) is 5.69 Å². The molecule has 0 fully saturated rings. The van der Waals surface area contributed by atoms with Crippen molar-refractivity contribution in [3.8, 4) is 0 Å². The fraction of sp³-hybridized carbons (Fsp3) is 0.182. The lowest BCUT2D eigenvalue weighted by Crippen LogP contribution is -2.01. The number of fused-ring (bicyclic) bond motifs is 1. The third-order valence-electron chi connectivity index (χ3n) is 2.02. The molecule has 0 saturated heterocycles. The van der Waals surface area contributed by atoms with E-state index in [4.69, 9.17) is 4.74 Å². The number of nitrogens with zero attached hydrogens (tertiary/aromatic N) is 2. The maximum absolute atomic E-state index is 10.7. The Bertz CT molecular complexity index is 542. The molecule has 0 aliphatic rings. The molecule has 0 saturated carbocycles. The minimum absolute atomic E-state index is 0.158. The van der Waals surface area contributed by atoms with E-state index in [2.05, 4.69) is 26.1 Å². The van der Waals surface area contributed by atoms with Crippen molar-refractivity contribution in [3.63, 3.8) is 0 Å². The molecule has 0 atom stereocenters. The predicted molar refractivity (Wildman–Crippen MR) is 62.7 cm³/mol. The average molecular weight is 281 g/mol. The second-order valence-corrected chi connectivity index (χ2v) is 4.23. The normalized spacial score (nSPS) is 10.4. The SMILES string of the molecule is CC(=O)OCc1cc2cc(Br)ccc2nn1. The number of hydrogen-bond acceptors (Lipinski definition) is 4. The highest BCUT2D eigenvalue weighted by molar-refractivity contribution is 9.10. The van der Waals surface area contributed by atoms with E-state index in [1.54, 1.807) is 0 Å². The van der Waals surface area contributed by atoms with E-state index in [9.17, 15) is 4.79 Å². The lowest BCUT2D eigenvalue weighted by Gasteiger charge is -2.02. The number of carbonyl (C=O) groups is 1. The van der Waals surface area contributed by atoms with Gasteiger partial charge >= 0.3 is 5.97 Å². The molecule has 0 unspecified atom stereocenters. The monoisotopic (exact) mass is 280 g/mol. The van der Waals surface area contributed by atoms with Crippen LogP contribution in [0.3, 0.4) is 0 Å². The summed E-state index contributed by atoms with van der Waals surface area (Å²) < 4.78 is 5.83. The van der Waals surface area contributed by atoms with Gasteiger partial charge in [-0.25, -0.2) is 0 Å². The molecular weight excluding hydrogens is 272 g/mol. The van der Waals surface area contributed by atoms with E-state index < -0.39 is 0 Å². The molecule has 0 aliphatic carbocycles. The Morgan fingerprint density at radius 3 is 2.94 bits per heavy atom. The topological polar surface area (TPSA) is 52.1 Å². The first-order valence-electron chi connectivity index (χ1n) is 4.70. The molecule has 1 aromatic carbocycles. The summed E-state index contributed by atoms with van der Waals surface area (Å²) in [7, 11) is 0. The fourth-order valence-electron chi connectivity index (χ4n) is 1.30. The number of halogens is 1. The van der Waals surface area contributed by atoms with Gasteiger partial charge in [-0.2, -0.15) is 10.2 Å². The molecule has 2 aromatic rings. The molecule has 0 spiro atoms. The van der Waals surface area contributed by atoms with Crippen LogP contribution in [0, 0.1) is 0 Å². The van der Waals surface area contributed by atoms with Crippen molar-refractivity contribution in [1.82, 2.24) is 10.2 Å². The predicted octanol–water partition coefficient (Wildman–Crippen LogP) is 2.46. The van der Waals surface area contributed by atoms with Crippen molar-refractivity contribution < 1.29 is 9.53 Å². The average Bonchev–Trinajstić information content (AvgIpc) is 2.25. The van der Waals surface area contributed by atoms with E-state index in [-0.39, 0.29) is 12.6 Å². The van der Waals surface area contributed by atoms with Gasteiger partial charge in [-0.05, 0) is 24.3 Å². The molecule has 0 bridgehead atoms. The largest absolute Gasteiger partial charge is 0.459 e. The van der Waals surface area contributed by atoms with Gasteiger partial charge in [0.1, 0.15) is 12.3 Å². The zero-order valence-corrected chi connectivity index (χ0v) is 10.2. The van der Waals surface area contributed by atoms with Gasteiger partial charge in [0, 0.05) is 16.8 Å². The lowest BCUT2D eigenvalue weighted by molar-refractivity contribution is -0.142. The fourth-order valence-corrected chi connectivity index (χ4v) is 1.68. The summed E-state index contributed by atoms with van der Waals surface area (Å²) in [4.78, 5) is 10.7. The highest BCUT2D eigenvalue weighted by atomic mass is 79.9. The summed E-state index contributed by atoms with van der Waals surface area (Å²) >= 11 is 3.39. The summed E-state index contributed by atoms with van der Waals surface area (Å²) in [6.45, 7) is 1.52. The van der Waals surface area contributed by atoms with Crippen LogP contribution in [0.5, 0.6) is 0 Å². The van der Waals surface area contributed by atoms with E-state index in [1.807, 2.05) is 24.3 Å². The molecule has 5 heteroatoms. The molecule has 0 radical (unpaired) electrons. The van der Waals surface area contributed by atoms with Crippen molar-refractivity contribution in [3.05, 3.63) is 34.4 Å². The van der Waals surface area contributed by atoms with Crippen molar-refractivity contribution in [1.29, 1.82) is 0 Å². The van der Waals surface area contributed by atoms with Gasteiger partial charge in [0.05, 0.1) is 5.52 Å². The summed E-state index contributed by atoms with van der Waals surface area (Å²) in [6, 6.07) is 7.59. The molecule has 0 N–H and O–H groups in total. The molecule has 4 nitrogen and oxygen atoms in total. The molecule has 2 rings (SSSR count). The number of benzene rings is 1. The van der Waals surface area contributed by atoms with Gasteiger partial charge in [-0.1, -0.05) is 15.9 Å². The molecule has 0 aliphatic heterocycles. The quantitative estimate of drug-likeness (QED) is 0.793. The number of carbonyl (C=O) groups excluding carboxylic acids is 1. The summed E-state index contributed by atoms with van der Waals surface area (Å²) in [5.74, 6) is -0.323. The highest BCUT2D eigenvalue weighted by Gasteiger charge is 2.02. The van der Waals surface area contributed by atoms with Crippen molar-refractivity contribution in [2.75, 3.05) is 0 Å². The number of rotatable bonds is 2. The maximum atomic E-state index is 10.7. The van der Waals surface area contributed by atoms with Crippen molar-refractivity contribution in [2.45, 2.75) is 13.5 Å². The zero-order chi connectivity index (χ0) is 11.5. The van der Waals surface area contributed by atoms with Gasteiger partial charge in [-0.3, -0.25) is 4.79 Å². The van der Waals surface area contributed by atoms with Crippen molar-refractivity contribution in [2.24, 2.45) is 0 Å². The van der Waals surface area contributed by atoms with Crippen LogP contribution in [0.25, 0.3) is 10.9 Å². The second kappa shape index (κ2) is 4.57. The zero-order valence-electron chi connectivity index (χ0n) is 8.61. The first-order chi connectivity index (χ1) is 7.65. The molecule has 16 heavy (non-hydrogen) atoms. The van der Waals surface area contributed by atoms with Crippen molar-refractivity contribution >= 4 is 32.8 Å². The third-order valence-corrected chi connectivity index (χ3v) is 2.51. The Kier molecular flexibility index (Phi) is 3.14. The van der Waals surface area contributed by atoms with E-state index in [0.717, 1.165) is 15.4 Å². The van der Waals surface area contributed by atoms with Crippen LogP contribution in [0.2, 0.25) is 0 Å². The van der Waals surface area contributed by atoms with Gasteiger partial charge in [-0.15, -0.1) is 0 Å². The summed E-state index contributed by atoms with van der Waals surface area (Å²) in [5, 5.41) is 8.97. The standard InChI is InChI=1S/C11H9BrN2O2/c1-7(15)16-6-10-5-8-4-9(12)2-3-11(8)14-13-10/h2-5H,6H2,1H3. The van der Waals surface area contributed by atoms with Crippen LogP contribution < -0.4 is 0 Å². The smallest absolute Gasteiger partial charge is 0.303 e. The Balaban J connectivity index is 2.31. The Morgan fingerprint density at radius 1 is 1.38 bits per heavy atom. The van der Waals surface area contributed by atoms with Crippen LogP contribution in [-0.2, 0) is 16.1 Å². The van der Waals surface area contributed by atoms with Crippen LogP contribution >= 0.6 is 15.9 Å². The second-order valence-electron chi connectivity index (χ2n) is 3.32. The Morgan fingerprint density at radius 2 is 2.19 bits per heavy atom. The van der Waals surface area contributed by atoms with Gasteiger partial charge in [0.2, 0.25) is 0 Å². The van der Waals surface area contributed by atoms with E-state index in [1.165, 1.54) is 6.92 Å². The molecule has 0 amide bonds. The first-order valence-corrected chi connectivity index (χ1v) is 5.50.